The van der Waals surface area contributed by atoms with E-state index < -0.39 is 0 Å². The minimum Gasteiger partial charge on any atom is -0.356 e. The highest BCUT2D eigenvalue weighted by atomic mass is 16.1. The number of pyridine rings is 1. The van der Waals surface area contributed by atoms with Crippen LogP contribution in [0.4, 0.5) is 5.82 Å². The first-order chi connectivity index (χ1) is 14.0. The van der Waals surface area contributed by atoms with Gasteiger partial charge in [-0.25, -0.2) is 9.98 Å². The topological polar surface area (TPSA) is 70.0 Å². The summed E-state index contributed by atoms with van der Waals surface area (Å²) in [6.07, 6.45) is 3.65. The molecule has 29 heavy (non-hydrogen) atoms. The summed E-state index contributed by atoms with van der Waals surface area (Å²) in [5, 5.41) is 3.02. The minimum atomic E-state index is 0.0347. The maximum atomic E-state index is 11.3. The molecule has 1 amide bonds. The summed E-state index contributed by atoms with van der Waals surface area (Å²) >= 11 is 0. The molecule has 0 saturated carbocycles. The molecule has 2 heterocycles. The smallest absolute Gasteiger partial charge is 0.217 e. The summed E-state index contributed by atoms with van der Waals surface area (Å²) in [4.78, 5) is 27.5. The van der Waals surface area contributed by atoms with Gasteiger partial charge < -0.3 is 10.2 Å². The zero-order chi connectivity index (χ0) is 20.8. The van der Waals surface area contributed by atoms with Crippen molar-refractivity contribution in [2.24, 2.45) is 9.98 Å². The van der Waals surface area contributed by atoms with Crippen LogP contribution < -0.4 is 10.2 Å². The van der Waals surface area contributed by atoms with Crippen molar-refractivity contribution in [3.63, 3.8) is 0 Å². The van der Waals surface area contributed by atoms with Crippen molar-refractivity contribution in [3.8, 4) is 0 Å². The molecule has 1 aliphatic heterocycles. The van der Waals surface area contributed by atoms with Gasteiger partial charge in [-0.2, -0.15) is 0 Å². The van der Waals surface area contributed by atoms with Crippen LogP contribution in [0, 0.1) is 6.92 Å². The van der Waals surface area contributed by atoms with Gasteiger partial charge in [-0.3, -0.25) is 9.79 Å². The predicted molar refractivity (Wildman–Crippen MR) is 119 cm³/mol. The van der Waals surface area contributed by atoms with Crippen LogP contribution in [-0.2, 0) is 4.79 Å². The molecule has 1 aromatic carbocycles. The number of nitrogens with zero attached hydrogens (tertiary/aromatic N) is 4. The van der Waals surface area contributed by atoms with Gasteiger partial charge in [-0.1, -0.05) is 23.8 Å². The molecular formula is C23H29N5O. The summed E-state index contributed by atoms with van der Waals surface area (Å²) in [6, 6.07) is 12.5. The number of aliphatic imine (C=N–C) groups is 2. The van der Waals surface area contributed by atoms with Crippen molar-refractivity contribution in [2.75, 3.05) is 25.0 Å². The van der Waals surface area contributed by atoms with Crippen molar-refractivity contribution in [1.82, 2.24) is 10.3 Å². The van der Waals surface area contributed by atoms with Gasteiger partial charge in [0.15, 0.2) is 5.84 Å². The molecule has 6 heteroatoms. The maximum absolute atomic E-state index is 11.3. The Labute approximate surface area is 172 Å². The molecule has 0 spiro atoms. The summed E-state index contributed by atoms with van der Waals surface area (Å²) in [5.41, 5.74) is 4.09. The van der Waals surface area contributed by atoms with E-state index in [1.807, 2.05) is 31.3 Å². The lowest BCUT2D eigenvalue weighted by atomic mass is 10.0. The molecule has 1 N–H and O–H groups in total. The Bertz CT molecular complexity index is 926. The van der Waals surface area contributed by atoms with Crippen LogP contribution in [0.15, 0.2) is 52.6 Å². The molecule has 3 rings (SSSR count). The molecule has 0 aliphatic carbocycles. The monoisotopic (exact) mass is 391 g/mol. The number of carbonyl (C=O) groups is 1. The van der Waals surface area contributed by atoms with E-state index in [1.165, 1.54) is 5.56 Å². The summed E-state index contributed by atoms with van der Waals surface area (Å²) in [7, 11) is 1.77. The number of piperidine rings is 1. The number of anilines is 1. The van der Waals surface area contributed by atoms with E-state index in [4.69, 9.17) is 4.99 Å². The van der Waals surface area contributed by atoms with Crippen molar-refractivity contribution >= 4 is 23.3 Å². The number of hydrogen-bond acceptors (Lipinski definition) is 4. The van der Waals surface area contributed by atoms with E-state index in [2.05, 4.69) is 45.3 Å². The largest absolute Gasteiger partial charge is 0.356 e. The number of carbonyl (C=O) groups excluding carboxylic acids is 1. The molecular weight excluding hydrogens is 362 g/mol. The second kappa shape index (κ2) is 9.45. The lowest BCUT2D eigenvalue weighted by molar-refractivity contribution is -0.119. The normalized spacial score (nSPS) is 16.1. The number of aromatic nitrogens is 1. The minimum absolute atomic E-state index is 0.0347. The Morgan fingerprint density at radius 2 is 1.93 bits per heavy atom. The summed E-state index contributed by atoms with van der Waals surface area (Å²) < 4.78 is 0. The zero-order valence-corrected chi connectivity index (χ0v) is 17.6. The van der Waals surface area contributed by atoms with Crippen LogP contribution in [0.5, 0.6) is 0 Å². The van der Waals surface area contributed by atoms with Gasteiger partial charge in [-0.05, 0) is 44.9 Å². The van der Waals surface area contributed by atoms with Gasteiger partial charge in [0.2, 0.25) is 5.91 Å². The van der Waals surface area contributed by atoms with E-state index in [0.29, 0.717) is 5.84 Å². The van der Waals surface area contributed by atoms with Crippen molar-refractivity contribution in [1.29, 1.82) is 0 Å². The lowest BCUT2D eigenvalue weighted by Gasteiger charge is -2.34. The molecule has 1 fully saturated rings. The maximum Gasteiger partial charge on any atom is 0.217 e. The quantitative estimate of drug-likeness (QED) is 0.642. The van der Waals surface area contributed by atoms with Crippen LogP contribution in [0.25, 0.3) is 0 Å². The van der Waals surface area contributed by atoms with E-state index in [-0.39, 0.29) is 11.9 Å². The molecule has 152 valence electrons. The Balaban J connectivity index is 1.83. The van der Waals surface area contributed by atoms with Crippen molar-refractivity contribution in [3.05, 3.63) is 59.3 Å². The van der Waals surface area contributed by atoms with E-state index in [9.17, 15) is 4.79 Å². The lowest BCUT2D eigenvalue weighted by Crippen LogP contribution is -2.44. The summed E-state index contributed by atoms with van der Waals surface area (Å²) in [5.74, 6) is 1.69. The molecule has 2 aromatic rings. The molecule has 1 aliphatic rings. The van der Waals surface area contributed by atoms with E-state index in [1.54, 1.807) is 14.0 Å². The van der Waals surface area contributed by atoms with Gasteiger partial charge in [-0.15, -0.1) is 0 Å². The van der Waals surface area contributed by atoms with E-state index >= 15 is 0 Å². The van der Waals surface area contributed by atoms with Gasteiger partial charge in [0.05, 0.1) is 5.71 Å². The van der Waals surface area contributed by atoms with Crippen molar-refractivity contribution < 1.29 is 4.79 Å². The molecule has 0 bridgehead atoms. The Morgan fingerprint density at radius 3 is 2.59 bits per heavy atom. The SMILES string of the molecule is CN=C(N=C(C)c1cccnc1N1CCC(NC(C)=O)CC1)c1cccc(C)c1. The fraction of sp³-hybridized carbons (Fsp3) is 0.391. The highest BCUT2D eigenvalue weighted by Crippen LogP contribution is 2.23. The number of amides is 1. The predicted octanol–water partition coefficient (Wildman–Crippen LogP) is 3.38. The molecule has 1 saturated heterocycles. The molecule has 0 radical (unpaired) electrons. The van der Waals surface area contributed by atoms with Crippen LogP contribution in [-0.4, -0.2) is 48.6 Å². The Hall–Kier alpha value is -3.02. The molecule has 1 aromatic heterocycles. The summed E-state index contributed by atoms with van der Waals surface area (Å²) in [6.45, 7) is 7.36. The average Bonchev–Trinajstić information content (AvgIpc) is 2.72. The first-order valence-electron chi connectivity index (χ1n) is 10.0. The zero-order valence-electron chi connectivity index (χ0n) is 17.6. The second-order valence-corrected chi connectivity index (χ2v) is 7.45. The number of benzene rings is 1. The van der Waals surface area contributed by atoms with Crippen LogP contribution in [0.3, 0.4) is 0 Å². The third kappa shape index (κ3) is 5.28. The number of hydrogen-bond donors (Lipinski definition) is 1. The van der Waals surface area contributed by atoms with Crippen molar-refractivity contribution in [2.45, 2.75) is 39.7 Å². The average molecular weight is 392 g/mol. The molecule has 6 nitrogen and oxygen atoms in total. The number of aryl methyl sites for hydroxylation is 1. The third-order valence-electron chi connectivity index (χ3n) is 5.14. The van der Waals surface area contributed by atoms with E-state index in [0.717, 1.165) is 48.6 Å². The standard InChI is InChI=1S/C23H29N5O/c1-16-7-5-8-19(15-16)22(24-4)26-17(2)21-9-6-12-25-23(21)28-13-10-20(11-14-28)27-18(3)29/h5-9,12,15,20H,10-11,13-14H2,1-4H3,(H,27,29). The second-order valence-electron chi connectivity index (χ2n) is 7.45. The van der Waals surface area contributed by atoms with Gasteiger partial charge >= 0.3 is 0 Å². The third-order valence-corrected chi connectivity index (χ3v) is 5.14. The van der Waals surface area contributed by atoms with Gasteiger partial charge in [0.1, 0.15) is 5.82 Å². The first kappa shape index (κ1) is 20.7. The highest BCUT2D eigenvalue weighted by molar-refractivity contribution is 6.13. The van der Waals surface area contributed by atoms with Crippen LogP contribution >= 0.6 is 0 Å². The number of nitrogens with one attached hydrogen (secondary N) is 1. The van der Waals surface area contributed by atoms with Crippen LogP contribution in [0.1, 0.15) is 43.4 Å². The highest BCUT2D eigenvalue weighted by Gasteiger charge is 2.23. The fourth-order valence-corrected chi connectivity index (χ4v) is 3.70. The molecule has 0 atom stereocenters. The first-order valence-corrected chi connectivity index (χ1v) is 10.0. The molecule has 0 unspecified atom stereocenters. The van der Waals surface area contributed by atoms with Gasteiger partial charge in [0, 0.05) is 50.4 Å². The Kier molecular flexibility index (Phi) is 6.75. The fourth-order valence-electron chi connectivity index (χ4n) is 3.70. The van der Waals surface area contributed by atoms with Gasteiger partial charge in [0.25, 0.3) is 0 Å². The number of amidine groups is 1. The Morgan fingerprint density at radius 1 is 1.17 bits per heavy atom. The number of rotatable bonds is 4. The van der Waals surface area contributed by atoms with Crippen LogP contribution in [0.2, 0.25) is 0 Å².